The van der Waals surface area contributed by atoms with E-state index in [1.807, 2.05) is 45.9 Å². The van der Waals surface area contributed by atoms with E-state index in [0.29, 0.717) is 18.7 Å². The van der Waals surface area contributed by atoms with Crippen LogP contribution in [0.4, 0.5) is 0 Å². The molecule has 2 heterocycles. The van der Waals surface area contributed by atoms with Crippen molar-refractivity contribution in [3.05, 3.63) is 58.5 Å². The van der Waals surface area contributed by atoms with E-state index >= 15 is 0 Å². The molecule has 2 aromatic heterocycles. The first-order valence-electron chi connectivity index (χ1n) is 8.26. The molecule has 0 radical (unpaired) electrons. The molecule has 0 aliphatic carbocycles. The first-order valence-corrected chi connectivity index (χ1v) is 8.26. The highest BCUT2D eigenvalue weighted by Crippen LogP contribution is 2.18. The molecular weight excluding hydrogens is 316 g/mol. The molecular formula is C19H22N4O2. The van der Waals surface area contributed by atoms with Crippen molar-refractivity contribution in [2.45, 2.75) is 27.7 Å². The van der Waals surface area contributed by atoms with E-state index in [1.54, 1.807) is 10.7 Å². The quantitative estimate of drug-likeness (QED) is 0.726. The van der Waals surface area contributed by atoms with Gasteiger partial charge in [-0.25, -0.2) is 9.50 Å². The fourth-order valence-corrected chi connectivity index (χ4v) is 2.77. The van der Waals surface area contributed by atoms with Crippen LogP contribution < -0.4 is 10.1 Å². The highest BCUT2D eigenvalue weighted by Gasteiger charge is 2.13. The zero-order valence-corrected chi connectivity index (χ0v) is 15.0. The summed E-state index contributed by atoms with van der Waals surface area (Å²) >= 11 is 0. The van der Waals surface area contributed by atoms with Gasteiger partial charge in [0.05, 0.1) is 23.5 Å². The lowest BCUT2D eigenvalue weighted by molar-refractivity contribution is 0.0945. The van der Waals surface area contributed by atoms with Crippen LogP contribution in [0.15, 0.2) is 30.5 Å². The number of nitrogens with one attached hydrogen (secondary N) is 1. The fourth-order valence-electron chi connectivity index (χ4n) is 2.77. The first kappa shape index (κ1) is 17.0. The van der Waals surface area contributed by atoms with Crippen LogP contribution in [0.25, 0.3) is 5.65 Å². The van der Waals surface area contributed by atoms with Crippen molar-refractivity contribution in [1.82, 2.24) is 19.9 Å². The molecule has 1 aromatic carbocycles. The molecule has 0 aliphatic rings. The predicted octanol–water partition coefficient (Wildman–Crippen LogP) is 2.77. The Hall–Kier alpha value is -2.89. The van der Waals surface area contributed by atoms with Crippen LogP contribution >= 0.6 is 0 Å². The minimum Gasteiger partial charge on any atom is -0.491 e. The number of nitrogens with zero attached hydrogens (tertiary/aromatic N) is 3. The third-order valence-corrected chi connectivity index (χ3v) is 4.07. The van der Waals surface area contributed by atoms with Crippen LogP contribution in [0.2, 0.25) is 0 Å². The predicted molar refractivity (Wildman–Crippen MR) is 96.2 cm³/mol. The van der Waals surface area contributed by atoms with Gasteiger partial charge < -0.3 is 10.1 Å². The minimum absolute atomic E-state index is 0.177. The number of carbonyl (C=O) groups is 1. The van der Waals surface area contributed by atoms with E-state index in [2.05, 4.69) is 21.5 Å². The summed E-state index contributed by atoms with van der Waals surface area (Å²) in [6.07, 6.45) is 1.59. The molecule has 6 heteroatoms. The number of carbonyl (C=O) groups excluding carboxylic acids is 1. The number of fused-ring (bicyclic) bond motifs is 1. The van der Waals surface area contributed by atoms with Gasteiger partial charge in [-0.1, -0.05) is 17.7 Å². The number of rotatable bonds is 5. The largest absolute Gasteiger partial charge is 0.491 e. The molecule has 0 saturated carbocycles. The average Bonchev–Trinajstić information content (AvgIpc) is 2.95. The molecule has 3 rings (SSSR count). The first-order chi connectivity index (χ1) is 12.0. The number of benzene rings is 1. The van der Waals surface area contributed by atoms with Crippen LogP contribution in [-0.2, 0) is 0 Å². The van der Waals surface area contributed by atoms with Crippen LogP contribution in [0, 0.1) is 27.7 Å². The number of aromatic nitrogens is 3. The van der Waals surface area contributed by atoms with Gasteiger partial charge in [0, 0.05) is 12.3 Å². The molecule has 1 amide bonds. The number of amides is 1. The lowest BCUT2D eigenvalue weighted by Gasteiger charge is -2.11. The number of ether oxygens (including phenoxy) is 1. The zero-order chi connectivity index (χ0) is 18.0. The Kier molecular flexibility index (Phi) is 4.70. The summed E-state index contributed by atoms with van der Waals surface area (Å²) in [5.41, 5.74) is 5.18. The van der Waals surface area contributed by atoms with Crippen molar-refractivity contribution in [3.63, 3.8) is 0 Å². The topological polar surface area (TPSA) is 68.5 Å². The molecule has 0 bridgehead atoms. The standard InChI is InChI=1S/C19H22N4O2/c1-12-5-6-17(13(2)9-12)25-8-7-20-19(24)16-11-21-18-10-14(3)22-23(18)15(16)4/h5-6,9-11H,7-8H2,1-4H3,(H,20,24). The van der Waals surface area contributed by atoms with Gasteiger partial charge in [0.25, 0.3) is 5.91 Å². The van der Waals surface area contributed by atoms with Crippen LogP contribution in [0.3, 0.4) is 0 Å². The lowest BCUT2D eigenvalue weighted by atomic mass is 10.1. The van der Waals surface area contributed by atoms with E-state index in [9.17, 15) is 4.79 Å². The summed E-state index contributed by atoms with van der Waals surface area (Å²) in [6.45, 7) is 8.65. The molecule has 6 nitrogen and oxygen atoms in total. The maximum absolute atomic E-state index is 12.4. The highest BCUT2D eigenvalue weighted by atomic mass is 16.5. The Balaban J connectivity index is 1.60. The maximum atomic E-state index is 12.4. The summed E-state index contributed by atoms with van der Waals surface area (Å²) in [5.74, 6) is 0.662. The number of hydrogen-bond acceptors (Lipinski definition) is 4. The SMILES string of the molecule is Cc1ccc(OCCNC(=O)c2cnc3cc(C)nn3c2C)c(C)c1. The Morgan fingerprint density at radius 1 is 1.20 bits per heavy atom. The second kappa shape index (κ2) is 6.93. The van der Waals surface area contributed by atoms with E-state index in [0.717, 1.165) is 28.3 Å². The molecule has 0 unspecified atom stereocenters. The number of hydrogen-bond donors (Lipinski definition) is 1. The summed E-state index contributed by atoms with van der Waals surface area (Å²) in [4.78, 5) is 16.7. The maximum Gasteiger partial charge on any atom is 0.254 e. The van der Waals surface area contributed by atoms with E-state index in [1.165, 1.54) is 5.56 Å². The zero-order valence-electron chi connectivity index (χ0n) is 15.0. The molecule has 3 aromatic rings. The molecule has 0 aliphatic heterocycles. The Bertz CT molecular complexity index is 931. The monoisotopic (exact) mass is 338 g/mol. The molecule has 0 spiro atoms. The Morgan fingerprint density at radius 2 is 2.00 bits per heavy atom. The van der Waals surface area contributed by atoms with Gasteiger partial charge in [-0.3, -0.25) is 4.79 Å². The van der Waals surface area contributed by atoms with Crippen molar-refractivity contribution in [2.75, 3.05) is 13.2 Å². The summed E-state index contributed by atoms with van der Waals surface area (Å²) < 4.78 is 7.42. The summed E-state index contributed by atoms with van der Waals surface area (Å²) in [5, 5.41) is 7.23. The third-order valence-electron chi connectivity index (χ3n) is 4.07. The number of aryl methyl sites for hydroxylation is 4. The van der Waals surface area contributed by atoms with Crippen LogP contribution in [-0.4, -0.2) is 33.7 Å². The van der Waals surface area contributed by atoms with E-state index in [-0.39, 0.29) is 5.91 Å². The second-order valence-electron chi connectivity index (χ2n) is 6.19. The fraction of sp³-hybridized carbons (Fsp3) is 0.316. The normalized spacial score (nSPS) is 10.9. The Labute approximate surface area is 146 Å². The molecule has 0 atom stereocenters. The van der Waals surface area contributed by atoms with E-state index < -0.39 is 0 Å². The smallest absolute Gasteiger partial charge is 0.254 e. The van der Waals surface area contributed by atoms with Crippen molar-refractivity contribution in [1.29, 1.82) is 0 Å². The van der Waals surface area contributed by atoms with Gasteiger partial charge in [0.15, 0.2) is 5.65 Å². The molecule has 25 heavy (non-hydrogen) atoms. The van der Waals surface area contributed by atoms with Gasteiger partial charge in [0.2, 0.25) is 0 Å². The minimum atomic E-state index is -0.177. The van der Waals surface area contributed by atoms with Crippen LogP contribution in [0.5, 0.6) is 5.75 Å². The summed E-state index contributed by atoms with van der Waals surface area (Å²) in [7, 11) is 0. The molecule has 0 fully saturated rings. The van der Waals surface area contributed by atoms with Gasteiger partial charge in [0.1, 0.15) is 12.4 Å². The molecule has 1 N–H and O–H groups in total. The van der Waals surface area contributed by atoms with Crippen molar-refractivity contribution >= 4 is 11.6 Å². The van der Waals surface area contributed by atoms with Gasteiger partial charge in [-0.15, -0.1) is 0 Å². The molecule has 130 valence electrons. The van der Waals surface area contributed by atoms with Gasteiger partial charge in [-0.2, -0.15) is 5.10 Å². The average molecular weight is 338 g/mol. The summed E-state index contributed by atoms with van der Waals surface area (Å²) in [6, 6.07) is 7.92. The van der Waals surface area contributed by atoms with Crippen molar-refractivity contribution in [3.8, 4) is 5.75 Å². The lowest BCUT2D eigenvalue weighted by Crippen LogP contribution is -2.29. The van der Waals surface area contributed by atoms with Gasteiger partial charge in [-0.05, 0) is 39.3 Å². The van der Waals surface area contributed by atoms with Crippen LogP contribution in [0.1, 0.15) is 32.9 Å². The van der Waals surface area contributed by atoms with Crippen molar-refractivity contribution < 1.29 is 9.53 Å². The Morgan fingerprint density at radius 3 is 2.76 bits per heavy atom. The second-order valence-corrected chi connectivity index (χ2v) is 6.19. The van der Waals surface area contributed by atoms with Crippen molar-refractivity contribution in [2.24, 2.45) is 0 Å². The highest BCUT2D eigenvalue weighted by molar-refractivity contribution is 5.95. The molecule has 0 saturated heterocycles. The van der Waals surface area contributed by atoms with E-state index in [4.69, 9.17) is 4.74 Å². The van der Waals surface area contributed by atoms with Gasteiger partial charge >= 0.3 is 0 Å². The third kappa shape index (κ3) is 3.63.